The Balaban J connectivity index is 1.86. The van der Waals surface area contributed by atoms with Crippen LogP contribution in [0.5, 0.6) is 5.75 Å². The quantitative estimate of drug-likeness (QED) is 0.876. The molecule has 1 heterocycles. The van der Waals surface area contributed by atoms with E-state index in [1.807, 2.05) is 30.3 Å². The molecule has 2 N–H and O–H groups in total. The zero-order chi connectivity index (χ0) is 13.9. The molecule has 0 aromatic heterocycles. The van der Waals surface area contributed by atoms with Crippen LogP contribution in [0.25, 0.3) is 0 Å². The number of aromatic hydroxyl groups is 1. The molecular weight excluding hydrogens is 252 g/mol. The van der Waals surface area contributed by atoms with Crippen molar-refractivity contribution in [3.8, 4) is 5.75 Å². The van der Waals surface area contributed by atoms with Crippen LogP contribution in [0.3, 0.4) is 0 Å². The van der Waals surface area contributed by atoms with Crippen molar-refractivity contribution in [3.63, 3.8) is 0 Å². The van der Waals surface area contributed by atoms with Gasteiger partial charge in [-0.25, -0.2) is 0 Å². The van der Waals surface area contributed by atoms with E-state index in [9.17, 15) is 9.90 Å². The van der Waals surface area contributed by atoms with Crippen molar-refractivity contribution in [2.75, 3.05) is 0 Å². The van der Waals surface area contributed by atoms with E-state index in [1.165, 1.54) is 12.1 Å². The van der Waals surface area contributed by atoms with Crippen LogP contribution in [-0.4, -0.2) is 10.8 Å². The Kier molecular flexibility index (Phi) is 3.21. The average Bonchev–Trinajstić information content (AvgIpc) is 2.90. The van der Waals surface area contributed by atoms with E-state index in [4.69, 9.17) is 0 Å². The van der Waals surface area contributed by atoms with Gasteiger partial charge < -0.3 is 10.5 Å². The lowest BCUT2D eigenvalue weighted by atomic mass is 10.00. The Bertz CT molecular complexity index is 711. The number of hydrogen-bond donors (Lipinski definition) is 2. The molecular formula is C16H14N2O2. The summed E-state index contributed by atoms with van der Waals surface area (Å²) in [4.78, 5) is 11.6. The van der Waals surface area contributed by atoms with Crippen LogP contribution in [-0.2, 0) is 0 Å². The van der Waals surface area contributed by atoms with Gasteiger partial charge >= 0.3 is 0 Å². The minimum atomic E-state index is -0.393. The van der Waals surface area contributed by atoms with Crippen molar-refractivity contribution >= 4 is 5.71 Å². The Hall–Kier alpha value is -2.62. The van der Waals surface area contributed by atoms with Crippen molar-refractivity contribution < 1.29 is 5.11 Å². The number of hydrogen-bond acceptors (Lipinski definition) is 4. The predicted molar refractivity (Wildman–Crippen MR) is 77.8 cm³/mol. The van der Waals surface area contributed by atoms with Crippen LogP contribution in [0.1, 0.15) is 23.6 Å². The number of hydrazone groups is 1. The lowest BCUT2D eigenvalue weighted by molar-refractivity contribution is 0.471. The summed E-state index contributed by atoms with van der Waals surface area (Å²) in [6.45, 7) is 0. The molecule has 0 saturated heterocycles. The number of rotatable bonds is 2. The van der Waals surface area contributed by atoms with Crippen molar-refractivity contribution in [1.29, 1.82) is 0 Å². The van der Waals surface area contributed by atoms with Gasteiger partial charge in [0.25, 0.3) is 0 Å². The molecule has 0 aliphatic carbocycles. The lowest BCUT2D eigenvalue weighted by Crippen LogP contribution is -2.09. The third kappa shape index (κ3) is 2.40. The molecule has 0 spiro atoms. The second-order valence-corrected chi connectivity index (χ2v) is 4.73. The van der Waals surface area contributed by atoms with E-state index in [2.05, 4.69) is 10.5 Å². The first-order valence-corrected chi connectivity index (χ1v) is 6.45. The summed E-state index contributed by atoms with van der Waals surface area (Å²) in [6.07, 6.45) is 0.716. The summed E-state index contributed by atoms with van der Waals surface area (Å²) >= 11 is 0. The third-order valence-corrected chi connectivity index (χ3v) is 3.36. The van der Waals surface area contributed by atoms with Crippen molar-refractivity contribution in [3.05, 3.63) is 75.9 Å². The normalized spacial score (nSPS) is 17.4. The molecule has 0 saturated carbocycles. The molecule has 100 valence electrons. The summed E-state index contributed by atoms with van der Waals surface area (Å²) in [5.74, 6) is -0.248. The maximum atomic E-state index is 11.6. The molecule has 2 aromatic carbocycles. The first kappa shape index (κ1) is 12.4. The number of nitrogens with one attached hydrogen (secondary N) is 1. The highest BCUT2D eigenvalue weighted by Gasteiger charge is 2.20. The van der Waals surface area contributed by atoms with Gasteiger partial charge in [0.05, 0.1) is 11.8 Å². The number of benzene rings is 1. The smallest absolute Gasteiger partial charge is 0.220 e. The van der Waals surface area contributed by atoms with Gasteiger partial charge in [-0.3, -0.25) is 4.79 Å². The number of nitrogens with zero attached hydrogens (tertiary/aromatic N) is 1. The summed E-state index contributed by atoms with van der Waals surface area (Å²) in [5.41, 5.74) is 5.42. The van der Waals surface area contributed by atoms with Gasteiger partial charge in [-0.1, -0.05) is 42.5 Å². The van der Waals surface area contributed by atoms with E-state index in [-0.39, 0.29) is 11.8 Å². The van der Waals surface area contributed by atoms with Crippen LogP contribution < -0.4 is 10.9 Å². The minimum absolute atomic E-state index is 0.125. The van der Waals surface area contributed by atoms with Crippen LogP contribution in [0.15, 0.2) is 64.5 Å². The molecule has 1 aliphatic rings. The molecule has 20 heavy (non-hydrogen) atoms. The zero-order valence-corrected chi connectivity index (χ0v) is 10.8. The van der Waals surface area contributed by atoms with Crippen LogP contribution in [0.4, 0.5) is 0 Å². The molecule has 3 rings (SSSR count). The Labute approximate surface area is 116 Å². The monoisotopic (exact) mass is 266 g/mol. The molecule has 1 atom stereocenters. The highest BCUT2D eigenvalue weighted by molar-refractivity contribution is 6.01. The van der Waals surface area contributed by atoms with Gasteiger partial charge in [0.15, 0.2) is 5.75 Å². The van der Waals surface area contributed by atoms with Gasteiger partial charge in [0.2, 0.25) is 5.43 Å². The van der Waals surface area contributed by atoms with E-state index in [1.54, 1.807) is 12.1 Å². The predicted octanol–water partition coefficient (Wildman–Crippen LogP) is 2.19. The van der Waals surface area contributed by atoms with Gasteiger partial charge in [-0.05, 0) is 17.7 Å². The van der Waals surface area contributed by atoms with E-state index in [0.29, 0.717) is 6.42 Å². The first-order chi connectivity index (χ1) is 9.74. The molecule has 0 fully saturated rings. The highest BCUT2D eigenvalue weighted by atomic mass is 16.3. The summed E-state index contributed by atoms with van der Waals surface area (Å²) in [5, 5.41) is 13.7. The van der Waals surface area contributed by atoms with Crippen molar-refractivity contribution in [2.45, 2.75) is 12.5 Å². The van der Waals surface area contributed by atoms with Gasteiger partial charge in [-0.2, -0.15) is 5.10 Å². The van der Waals surface area contributed by atoms with Gasteiger partial charge in [0, 0.05) is 12.0 Å². The maximum absolute atomic E-state index is 11.6. The standard InChI is InChI=1S/C16H14N2O2/c19-15-8-4-7-12(9-16(15)20)14-10-13(17-18-14)11-5-2-1-3-6-11/h1-9,13,17H,10H2,(H,19,20). The molecule has 0 amide bonds. The topological polar surface area (TPSA) is 61.7 Å². The fourth-order valence-corrected chi connectivity index (χ4v) is 2.27. The summed E-state index contributed by atoms with van der Waals surface area (Å²) in [6, 6.07) is 16.4. The molecule has 4 nitrogen and oxygen atoms in total. The lowest BCUT2D eigenvalue weighted by Gasteiger charge is -2.09. The van der Waals surface area contributed by atoms with Crippen LogP contribution >= 0.6 is 0 Å². The van der Waals surface area contributed by atoms with E-state index < -0.39 is 5.43 Å². The Morgan fingerprint density at radius 3 is 2.70 bits per heavy atom. The largest absolute Gasteiger partial charge is 0.504 e. The second-order valence-electron chi connectivity index (χ2n) is 4.73. The average molecular weight is 266 g/mol. The van der Waals surface area contributed by atoms with Crippen molar-refractivity contribution in [1.82, 2.24) is 5.43 Å². The molecule has 0 bridgehead atoms. The molecule has 1 unspecified atom stereocenters. The van der Waals surface area contributed by atoms with Crippen LogP contribution in [0.2, 0.25) is 0 Å². The SMILES string of the molecule is O=c1cc(C2=NNC(c3ccccc3)C2)cccc1O. The highest BCUT2D eigenvalue weighted by Crippen LogP contribution is 2.23. The second kappa shape index (κ2) is 5.17. The molecule has 4 heteroatoms. The molecule has 1 aliphatic heterocycles. The van der Waals surface area contributed by atoms with E-state index in [0.717, 1.165) is 16.8 Å². The molecule has 2 aromatic rings. The minimum Gasteiger partial charge on any atom is -0.504 e. The summed E-state index contributed by atoms with van der Waals surface area (Å²) in [7, 11) is 0. The zero-order valence-electron chi connectivity index (χ0n) is 10.8. The molecule has 0 radical (unpaired) electrons. The Morgan fingerprint density at radius 2 is 1.90 bits per heavy atom. The van der Waals surface area contributed by atoms with Crippen LogP contribution in [0, 0.1) is 0 Å². The summed E-state index contributed by atoms with van der Waals surface area (Å²) < 4.78 is 0. The van der Waals surface area contributed by atoms with Crippen molar-refractivity contribution in [2.24, 2.45) is 5.10 Å². The van der Waals surface area contributed by atoms with Gasteiger partial charge in [-0.15, -0.1) is 0 Å². The maximum Gasteiger partial charge on any atom is 0.220 e. The Morgan fingerprint density at radius 1 is 1.10 bits per heavy atom. The fraction of sp³-hybridized carbons (Fsp3) is 0.125. The van der Waals surface area contributed by atoms with Gasteiger partial charge in [0.1, 0.15) is 0 Å². The van der Waals surface area contributed by atoms with E-state index >= 15 is 0 Å². The first-order valence-electron chi connectivity index (χ1n) is 6.45. The fourth-order valence-electron chi connectivity index (χ4n) is 2.27. The third-order valence-electron chi connectivity index (χ3n) is 3.36.